The number of carbonyl (C=O) groups excluding carboxylic acids is 2. The maximum Gasteiger partial charge on any atom is 0.246 e. The number of pyridine rings is 1. The molecule has 2 amide bonds. The average molecular weight is 404 g/mol. The lowest BCUT2D eigenvalue weighted by Gasteiger charge is -2.16. The largest absolute Gasteiger partial charge is 0.361 e. The normalized spacial score (nSPS) is 22.8. The predicted molar refractivity (Wildman–Crippen MR) is 112 cm³/mol. The second-order valence-corrected chi connectivity index (χ2v) is 8.42. The molecule has 3 aliphatic rings. The number of carbonyl (C=O) groups is 2. The van der Waals surface area contributed by atoms with E-state index in [2.05, 4.69) is 21.5 Å². The lowest BCUT2D eigenvalue weighted by molar-refractivity contribution is -0.125. The zero-order chi connectivity index (χ0) is 20.8. The highest BCUT2D eigenvalue weighted by Crippen LogP contribution is 2.42. The van der Waals surface area contributed by atoms with Crippen molar-refractivity contribution >= 4 is 29.3 Å². The fourth-order valence-electron chi connectivity index (χ4n) is 4.86. The number of rotatable bonds is 3. The summed E-state index contributed by atoms with van der Waals surface area (Å²) in [5, 5.41) is 6.84. The molecule has 4 heterocycles. The molecule has 5 rings (SSSR count). The molecule has 2 aliphatic heterocycles. The van der Waals surface area contributed by atoms with Gasteiger partial charge in [0.1, 0.15) is 11.6 Å². The summed E-state index contributed by atoms with van der Waals surface area (Å²) < 4.78 is 5.31. The molecule has 0 spiro atoms. The van der Waals surface area contributed by atoms with E-state index in [0.717, 1.165) is 47.7 Å². The van der Waals surface area contributed by atoms with Gasteiger partial charge in [0.15, 0.2) is 0 Å². The molecule has 0 saturated carbocycles. The summed E-state index contributed by atoms with van der Waals surface area (Å²) in [7, 11) is 0. The number of aryl methyl sites for hydroxylation is 3. The van der Waals surface area contributed by atoms with Crippen LogP contribution in [0.25, 0.3) is 11.6 Å². The van der Waals surface area contributed by atoms with E-state index in [1.807, 2.05) is 30.9 Å². The average Bonchev–Trinajstić information content (AvgIpc) is 3.39. The molecule has 2 atom stereocenters. The molecule has 2 aromatic heterocycles. The van der Waals surface area contributed by atoms with E-state index in [4.69, 9.17) is 4.52 Å². The lowest BCUT2D eigenvalue weighted by Crippen LogP contribution is -2.27. The molecule has 30 heavy (non-hydrogen) atoms. The third-order valence-electron chi connectivity index (χ3n) is 6.34. The second kappa shape index (κ2) is 7.23. The molecule has 2 unspecified atom stereocenters. The quantitative estimate of drug-likeness (QED) is 0.794. The Hall–Kier alpha value is -3.22. The minimum atomic E-state index is -0.000358. The van der Waals surface area contributed by atoms with Gasteiger partial charge in [-0.15, -0.1) is 0 Å². The summed E-state index contributed by atoms with van der Waals surface area (Å²) in [6.07, 6.45) is 9.54. The number of amides is 2. The van der Waals surface area contributed by atoms with Gasteiger partial charge in [0, 0.05) is 37.3 Å². The van der Waals surface area contributed by atoms with Crippen LogP contribution in [0.15, 0.2) is 28.9 Å². The number of allylic oxidation sites excluding steroid dienone is 1. The zero-order valence-corrected chi connectivity index (χ0v) is 17.1. The van der Waals surface area contributed by atoms with Crippen LogP contribution < -0.4 is 5.32 Å². The molecule has 1 saturated heterocycles. The van der Waals surface area contributed by atoms with E-state index in [1.54, 1.807) is 12.3 Å². The number of anilines is 1. The molecule has 1 fully saturated rings. The van der Waals surface area contributed by atoms with Gasteiger partial charge in [0.05, 0.1) is 5.69 Å². The summed E-state index contributed by atoms with van der Waals surface area (Å²) in [6, 6.07) is 1.99. The van der Waals surface area contributed by atoms with Crippen LogP contribution in [0, 0.1) is 25.7 Å². The summed E-state index contributed by atoms with van der Waals surface area (Å²) in [5.41, 5.74) is 5.26. The van der Waals surface area contributed by atoms with Crippen molar-refractivity contribution in [3.05, 3.63) is 52.6 Å². The number of nitrogens with one attached hydrogen (secondary N) is 1. The number of fused-ring (bicyclic) bond motifs is 2. The van der Waals surface area contributed by atoms with Gasteiger partial charge in [-0.05, 0) is 67.4 Å². The molecule has 1 N–H and O–H groups in total. The van der Waals surface area contributed by atoms with E-state index in [-0.39, 0.29) is 11.8 Å². The lowest BCUT2D eigenvalue weighted by atomic mass is 9.98. The predicted octanol–water partition coefficient (Wildman–Crippen LogP) is 3.15. The molecular formula is C23H24N4O3. The topological polar surface area (TPSA) is 88.3 Å². The maximum absolute atomic E-state index is 12.7. The fraction of sp³-hybridized carbons (Fsp3) is 0.391. The maximum atomic E-state index is 12.7. The molecule has 0 aromatic carbocycles. The summed E-state index contributed by atoms with van der Waals surface area (Å²) in [5.74, 6) is 2.37. The number of nitrogens with zero attached hydrogens (tertiary/aromatic N) is 3. The van der Waals surface area contributed by atoms with Crippen molar-refractivity contribution in [3.63, 3.8) is 0 Å². The van der Waals surface area contributed by atoms with E-state index in [1.165, 1.54) is 5.57 Å². The number of aromatic nitrogens is 2. The van der Waals surface area contributed by atoms with Crippen molar-refractivity contribution < 1.29 is 14.1 Å². The Bertz CT molecular complexity index is 1080. The van der Waals surface area contributed by atoms with Gasteiger partial charge in [-0.3, -0.25) is 9.59 Å². The van der Waals surface area contributed by atoms with Crippen molar-refractivity contribution in [2.45, 2.75) is 33.1 Å². The van der Waals surface area contributed by atoms with Crippen LogP contribution in [0.1, 0.15) is 41.0 Å². The second-order valence-electron chi connectivity index (χ2n) is 8.42. The van der Waals surface area contributed by atoms with Crippen molar-refractivity contribution in [3.8, 4) is 0 Å². The first-order valence-corrected chi connectivity index (χ1v) is 10.4. The Morgan fingerprint density at radius 3 is 2.93 bits per heavy atom. The third kappa shape index (κ3) is 3.34. The summed E-state index contributed by atoms with van der Waals surface area (Å²) in [6.45, 7) is 5.44. The van der Waals surface area contributed by atoms with Crippen molar-refractivity contribution in [2.75, 3.05) is 18.4 Å². The van der Waals surface area contributed by atoms with Crippen LogP contribution >= 0.6 is 0 Å². The first-order chi connectivity index (χ1) is 14.5. The number of hydrogen-bond donors (Lipinski definition) is 1. The van der Waals surface area contributed by atoms with Crippen LogP contribution in [-0.4, -0.2) is 39.9 Å². The van der Waals surface area contributed by atoms with E-state index < -0.39 is 0 Å². The van der Waals surface area contributed by atoms with Crippen LogP contribution in [0.3, 0.4) is 0 Å². The molecule has 154 valence electrons. The molecule has 0 radical (unpaired) electrons. The van der Waals surface area contributed by atoms with Crippen molar-refractivity contribution in [1.29, 1.82) is 0 Å². The smallest absolute Gasteiger partial charge is 0.246 e. The standard InChI is InChI=1S/C23H24N4O3/c1-13-22(14(2)30-26-13)17-8-18-11-27(12-19(18)9-17)21(29)6-3-15-7-16-4-5-20(28)25-23(16)24-10-15/h3,6-8,10,18-19H,4-5,9,11-12H2,1-2H3,(H,24,25,28). The Morgan fingerprint density at radius 1 is 1.30 bits per heavy atom. The van der Waals surface area contributed by atoms with Crippen LogP contribution in [-0.2, 0) is 16.0 Å². The van der Waals surface area contributed by atoms with Crippen molar-refractivity contribution in [1.82, 2.24) is 15.0 Å². The van der Waals surface area contributed by atoms with Crippen LogP contribution in [0.5, 0.6) is 0 Å². The summed E-state index contributed by atoms with van der Waals surface area (Å²) >= 11 is 0. The van der Waals surface area contributed by atoms with E-state index >= 15 is 0 Å². The van der Waals surface area contributed by atoms with E-state index in [9.17, 15) is 9.59 Å². The molecule has 7 nitrogen and oxygen atoms in total. The van der Waals surface area contributed by atoms with Gasteiger partial charge in [0.25, 0.3) is 0 Å². The molecule has 1 aliphatic carbocycles. The minimum absolute atomic E-state index is 0.000358. The van der Waals surface area contributed by atoms with Gasteiger partial charge in [-0.2, -0.15) is 0 Å². The highest BCUT2D eigenvalue weighted by atomic mass is 16.5. The van der Waals surface area contributed by atoms with Gasteiger partial charge in [-0.25, -0.2) is 4.98 Å². The number of likely N-dealkylation sites (tertiary alicyclic amines) is 1. The molecule has 2 aromatic rings. The Labute approximate surface area is 174 Å². The minimum Gasteiger partial charge on any atom is -0.361 e. The van der Waals surface area contributed by atoms with Gasteiger partial charge in [-0.1, -0.05) is 11.2 Å². The monoisotopic (exact) mass is 404 g/mol. The van der Waals surface area contributed by atoms with E-state index in [0.29, 0.717) is 30.5 Å². The SMILES string of the molecule is Cc1noc(C)c1C1=CC2CN(C(=O)C=Cc3cnc4c(c3)CCC(=O)N4)CC2C1. The third-order valence-corrected chi connectivity index (χ3v) is 6.34. The highest BCUT2D eigenvalue weighted by Gasteiger charge is 2.38. The van der Waals surface area contributed by atoms with Gasteiger partial charge < -0.3 is 14.7 Å². The Balaban J connectivity index is 1.24. The first kappa shape index (κ1) is 18.8. The van der Waals surface area contributed by atoms with Gasteiger partial charge >= 0.3 is 0 Å². The molecule has 7 heteroatoms. The Morgan fingerprint density at radius 2 is 2.17 bits per heavy atom. The molecular weight excluding hydrogens is 380 g/mol. The number of hydrogen-bond acceptors (Lipinski definition) is 5. The van der Waals surface area contributed by atoms with Crippen molar-refractivity contribution in [2.24, 2.45) is 11.8 Å². The first-order valence-electron chi connectivity index (χ1n) is 10.4. The zero-order valence-electron chi connectivity index (χ0n) is 17.1. The highest BCUT2D eigenvalue weighted by molar-refractivity contribution is 5.94. The van der Waals surface area contributed by atoms with Gasteiger partial charge in [0.2, 0.25) is 11.8 Å². The summed E-state index contributed by atoms with van der Waals surface area (Å²) in [4.78, 5) is 30.4. The van der Waals surface area contributed by atoms with Crippen LogP contribution in [0.2, 0.25) is 0 Å². The van der Waals surface area contributed by atoms with Crippen LogP contribution in [0.4, 0.5) is 5.82 Å². The molecule has 0 bridgehead atoms. The Kier molecular flexibility index (Phi) is 4.53. The fourth-order valence-corrected chi connectivity index (χ4v) is 4.86.